The first-order valence-corrected chi connectivity index (χ1v) is 14.8. The number of carbonyl (C=O) groups is 2. The number of anilines is 1. The van der Waals surface area contributed by atoms with E-state index >= 15 is 0 Å². The molecular formula is C29H33FN4O6S. The standard InChI is InChI=1S/C29H33FN4O6S/c1-4-16-31-29(36)27(17-22-8-6-5-7-9-22)32(19-23-11-13-24(30)14-12-23)28(35)20-33(41(3,39)40)26-18-25(34(37)38)15-10-21(26)2/h5-15,18,27H,4,16-17,19-20H2,1-3H3,(H,31,36)/t27-/m1/s1. The van der Waals surface area contributed by atoms with E-state index in [4.69, 9.17) is 0 Å². The molecule has 3 aromatic rings. The molecule has 0 aromatic heterocycles. The van der Waals surface area contributed by atoms with Crippen molar-refractivity contribution in [1.29, 1.82) is 0 Å². The molecule has 0 radical (unpaired) electrons. The first-order valence-electron chi connectivity index (χ1n) is 13.0. The van der Waals surface area contributed by atoms with Crippen LogP contribution in [0.3, 0.4) is 0 Å². The minimum absolute atomic E-state index is 0.0215. The van der Waals surface area contributed by atoms with Crippen LogP contribution in [0.5, 0.6) is 0 Å². The van der Waals surface area contributed by atoms with Crippen molar-refractivity contribution >= 4 is 33.2 Å². The van der Waals surface area contributed by atoms with Gasteiger partial charge in [0.15, 0.2) is 0 Å². The molecule has 3 aromatic carbocycles. The molecule has 0 unspecified atom stereocenters. The van der Waals surface area contributed by atoms with Gasteiger partial charge in [-0.25, -0.2) is 12.8 Å². The molecule has 218 valence electrons. The van der Waals surface area contributed by atoms with Gasteiger partial charge < -0.3 is 10.2 Å². The van der Waals surface area contributed by atoms with E-state index in [1.165, 1.54) is 41.3 Å². The van der Waals surface area contributed by atoms with Gasteiger partial charge in [-0.05, 0) is 42.2 Å². The lowest BCUT2D eigenvalue weighted by atomic mass is 10.0. The minimum Gasteiger partial charge on any atom is -0.354 e. The molecule has 41 heavy (non-hydrogen) atoms. The van der Waals surface area contributed by atoms with Crippen LogP contribution in [0.1, 0.15) is 30.0 Å². The highest BCUT2D eigenvalue weighted by atomic mass is 32.2. The van der Waals surface area contributed by atoms with Crippen LogP contribution in [-0.2, 0) is 32.6 Å². The monoisotopic (exact) mass is 584 g/mol. The Kier molecular flexibility index (Phi) is 10.5. The Morgan fingerprint density at radius 2 is 1.68 bits per heavy atom. The second kappa shape index (κ2) is 13.8. The Labute approximate surface area is 239 Å². The fourth-order valence-electron chi connectivity index (χ4n) is 4.28. The summed E-state index contributed by atoms with van der Waals surface area (Å²) in [6, 6.07) is 17.2. The smallest absolute Gasteiger partial charge is 0.271 e. The van der Waals surface area contributed by atoms with E-state index in [9.17, 15) is 32.5 Å². The first-order chi connectivity index (χ1) is 19.4. The van der Waals surface area contributed by atoms with Crippen molar-refractivity contribution in [2.75, 3.05) is 23.7 Å². The molecule has 0 aliphatic carbocycles. The number of sulfonamides is 1. The van der Waals surface area contributed by atoms with Crippen molar-refractivity contribution < 1.29 is 27.3 Å². The minimum atomic E-state index is -4.10. The molecule has 0 saturated carbocycles. The summed E-state index contributed by atoms with van der Waals surface area (Å²) in [5, 5.41) is 14.2. The number of non-ortho nitro benzene ring substituents is 1. The second-order valence-electron chi connectivity index (χ2n) is 9.64. The number of halogens is 1. The number of aryl methyl sites for hydroxylation is 1. The summed E-state index contributed by atoms with van der Waals surface area (Å²) in [7, 11) is -4.10. The third-order valence-corrected chi connectivity index (χ3v) is 7.56. The maximum Gasteiger partial charge on any atom is 0.271 e. The summed E-state index contributed by atoms with van der Waals surface area (Å²) in [5.41, 5.74) is 1.34. The highest BCUT2D eigenvalue weighted by molar-refractivity contribution is 7.92. The molecular weight excluding hydrogens is 551 g/mol. The summed E-state index contributed by atoms with van der Waals surface area (Å²) >= 11 is 0. The Morgan fingerprint density at radius 1 is 1.02 bits per heavy atom. The molecule has 0 heterocycles. The Hall–Kier alpha value is -4.32. The van der Waals surface area contributed by atoms with E-state index in [1.807, 2.05) is 25.1 Å². The number of nitro groups is 1. The maximum absolute atomic E-state index is 14.0. The predicted octanol–water partition coefficient (Wildman–Crippen LogP) is 3.97. The van der Waals surface area contributed by atoms with Gasteiger partial charge in [0.25, 0.3) is 5.69 Å². The van der Waals surface area contributed by atoms with Gasteiger partial charge in [0.05, 0.1) is 16.9 Å². The lowest BCUT2D eigenvalue weighted by molar-refractivity contribution is -0.384. The maximum atomic E-state index is 14.0. The van der Waals surface area contributed by atoms with Gasteiger partial charge in [-0.2, -0.15) is 0 Å². The van der Waals surface area contributed by atoms with Gasteiger partial charge in [-0.3, -0.25) is 24.0 Å². The first kappa shape index (κ1) is 31.2. The Bertz CT molecular complexity index is 1480. The number of hydrogen-bond acceptors (Lipinski definition) is 6. The molecule has 0 saturated heterocycles. The topological polar surface area (TPSA) is 130 Å². The van der Waals surface area contributed by atoms with E-state index in [0.29, 0.717) is 24.1 Å². The molecule has 3 rings (SSSR count). The Balaban J connectivity index is 2.09. The fraction of sp³-hybridized carbons (Fsp3) is 0.310. The molecule has 0 fully saturated rings. The molecule has 0 bridgehead atoms. The van der Waals surface area contributed by atoms with Crippen LogP contribution < -0.4 is 9.62 Å². The van der Waals surface area contributed by atoms with Crippen LogP contribution >= 0.6 is 0 Å². The molecule has 12 heteroatoms. The van der Waals surface area contributed by atoms with Crippen LogP contribution in [0, 0.1) is 22.9 Å². The third kappa shape index (κ3) is 8.58. The second-order valence-corrected chi connectivity index (χ2v) is 11.5. The molecule has 0 spiro atoms. The van der Waals surface area contributed by atoms with Gasteiger partial charge in [0, 0.05) is 31.6 Å². The van der Waals surface area contributed by atoms with Gasteiger partial charge in [0.1, 0.15) is 18.4 Å². The van der Waals surface area contributed by atoms with Crippen molar-refractivity contribution in [3.63, 3.8) is 0 Å². The number of nitrogens with zero attached hydrogens (tertiary/aromatic N) is 3. The van der Waals surface area contributed by atoms with Crippen LogP contribution in [0.4, 0.5) is 15.8 Å². The van der Waals surface area contributed by atoms with E-state index in [-0.39, 0.29) is 24.3 Å². The van der Waals surface area contributed by atoms with Crippen molar-refractivity contribution in [3.8, 4) is 0 Å². The lowest BCUT2D eigenvalue weighted by Gasteiger charge is -2.33. The van der Waals surface area contributed by atoms with E-state index in [0.717, 1.165) is 22.2 Å². The number of benzene rings is 3. The summed E-state index contributed by atoms with van der Waals surface area (Å²) in [6.45, 7) is 3.01. The van der Waals surface area contributed by atoms with Crippen LogP contribution in [0.2, 0.25) is 0 Å². The number of carbonyl (C=O) groups excluding carboxylic acids is 2. The van der Waals surface area contributed by atoms with Gasteiger partial charge in [-0.1, -0.05) is 55.5 Å². The normalized spacial score (nSPS) is 11.9. The number of hydrogen-bond donors (Lipinski definition) is 1. The van der Waals surface area contributed by atoms with E-state index in [1.54, 1.807) is 19.1 Å². The van der Waals surface area contributed by atoms with Crippen molar-refractivity contribution in [2.45, 2.75) is 39.3 Å². The molecule has 0 aliphatic heterocycles. The highest BCUT2D eigenvalue weighted by Crippen LogP contribution is 2.28. The molecule has 0 aliphatic rings. The fourth-order valence-corrected chi connectivity index (χ4v) is 5.18. The van der Waals surface area contributed by atoms with Gasteiger partial charge >= 0.3 is 0 Å². The number of nitrogens with one attached hydrogen (secondary N) is 1. The lowest BCUT2D eigenvalue weighted by Crippen LogP contribution is -2.53. The number of amides is 2. The number of nitro benzene ring substituents is 1. The largest absolute Gasteiger partial charge is 0.354 e. The predicted molar refractivity (Wildman–Crippen MR) is 154 cm³/mol. The summed E-state index contributed by atoms with van der Waals surface area (Å²) in [6.07, 6.45) is 1.69. The third-order valence-electron chi connectivity index (χ3n) is 6.44. The van der Waals surface area contributed by atoms with E-state index < -0.39 is 45.2 Å². The average molecular weight is 585 g/mol. The highest BCUT2D eigenvalue weighted by Gasteiger charge is 2.33. The SMILES string of the molecule is CCCNC(=O)[C@@H](Cc1ccccc1)N(Cc1ccc(F)cc1)C(=O)CN(c1cc([N+](=O)[O-])ccc1C)S(C)(=O)=O. The molecule has 1 atom stereocenters. The van der Waals surface area contributed by atoms with Gasteiger partial charge in [0.2, 0.25) is 21.8 Å². The molecule has 10 nitrogen and oxygen atoms in total. The summed E-state index contributed by atoms with van der Waals surface area (Å²) < 4.78 is 40.3. The van der Waals surface area contributed by atoms with Gasteiger partial charge in [-0.15, -0.1) is 0 Å². The van der Waals surface area contributed by atoms with Crippen molar-refractivity contribution in [2.24, 2.45) is 0 Å². The molecule has 2 amide bonds. The van der Waals surface area contributed by atoms with Crippen LogP contribution in [0.15, 0.2) is 72.8 Å². The zero-order chi connectivity index (χ0) is 30.2. The number of rotatable bonds is 13. The van der Waals surface area contributed by atoms with Crippen LogP contribution in [-0.4, -0.2) is 55.4 Å². The Morgan fingerprint density at radius 3 is 2.27 bits per heavy atom. The van der Waals surface area contributed by atoms with Crippen molar-refractivity contribution in [1.82, 2.24) is 10.2 Å². The quantitative estimate of drug-likeness (QED) is 0.239. The van der Waals surface area contributed by atoms with Crippen LogP contribution in [0.25, 0.3) is 0 Å². The summed E-state index contributed by atoms with van der Waals surface area (Å²) in [5.74, 6) is -1.61. The van der Waals surface area contributed by atoms with E-state index in [2.05, 4.69) is 5.32 Å². The summed E-state index contributed by atoms with van der Waals surface area (Å²) in [4.78, 5) is 39.5. The molecule has 1 N–H and O–H groups in total. The average Bonchev–Trinajstić information content (AvgIpc) is 2.93. The zero-order valence-electron chi connectivity index (χ0n) is 23.1. The zero-order valence-corrected chi connectivity index (χ0v) is 23.9. The van der Waals surface area contributed by atoms with Crippen molar-refractivity contribution in [3.05, 3.63) is 105 Å².